The van der Waals surface area contributed by atoms with Crippen molar-refractivity contribution in [1.82, 2.24) is 24.7 Å². The Morgan fingerprint density at radius 3 is 2.53 bits per heavy atom. The Kier molecular flexibility index (Phi) is 3.14. The molecule has 6 nitrogen and oxygen atoms in total. The zero-order chi connectivity index (χ0) is 12.9. The standard InChI is InChI=1S/C13H11N5O/c1-2-4-11(5-3-1)8-19-12-6-15-13(16-7-12)18-10-14-9-17-18/h1-7,9-10H,8H2. The van der Waals surface area contributed by atoms with E-state index < -0.39 is 0 Å². The number of benzene rings is 1. The van der Waals surface area contributed by atoms with E-state index in [0.717, 1.165) is 5.56 Å². The summed E-state index contributed by atoms with van der Waals surface area (Å²) in [5, 5.41) is 3.95. The fourth-order valence-electron chi connectivity index (χ4n) is 1.55. The third-order valence-electron chi connectivity index (χ3n) is 2.49. The quantitative estimate of drug-likeness (QED) is 0.707. The van der Waals surface area contributed by atoms with Gasteiger partial charge in [0.1, 0.15) is 19.3 Å². The minimum atomic E-state index is 0.463. The van der Waals surface area contributed by atoms with Crippen molar-refractivity contribution in [2.24, 2.45) is 0 Å². The van der Waals surface area contributed by atoms with Crippen molar-refractivity contribution in [2.75, 3.05) is 0 Å². The largest absolute Gasteiger partial charge is 0.486 e. The lowest BCUT2D eigenvalue weighted by Gasteiger charge is -2.05. The maximum atomic E-state index is 5.59. The zero-order valence-electron chi connectivity index (χ0n) is 10.0. The first-order valence-corrected chi connectivity index (χ1v) is 5.75. The van der Waals surface area contributed by atoms with E-state index in [1.165, 1.54) is 11.0 Å². The van der Waals surface area contributed by atoms with Crippen molar-refractivity contribution in [3.8, 4) is 11.7 Å². The molecule has 2 aromatic heterocycles. The second-order valence-corrected chi connectivity index (χ2v) is 3.83. The highest BCUT2D eigenvalue weighted by Crippen LogP contribution is 2.10. The van der Waals surface area contributed by atoms with Gasteiger partial charge in [-0.15, -0.1) is 0 Å². The van der Waals surface area contributed by atoms with Crippen LogP contribution in [-0.2, 0) is 6.61 Å². The van der Waals surface area contributed by atoms with Crippen LogP contribution in [0.15, 0.2) is 55.4 Å². The van der Waals surface area contributed by atoms with Gasteiger partial charge >= 0.3 is 0 Å². The lowest BCUT2D eigenvalue weighted by molar-refractivity contribution is 0.303. The second kappa shape index (κ2) is 5.26. The molecule has 0 N–H and O–H groups in total. The molecular formula is C13H11N5O. The molecule has 0 saturated carbocycles. The molecule has 0 amide bonds. The molecule has 0 spiro atoms. The van der Waals surface area contributed by atoms with Crippen LogP contribution in [0.2, 0.25) is 0 Å². The normalized spacial score (nSPS) is 10.3. The number of hydrogen-bond acceptors (Lipinski definition) is 5. The average molecular weight is 253 g/mol. The third kappa shape index (κ3) is 2.74. The van der Waals surface area contributed by atoms with Gasteiger partial charge in [-0.1, -0.05) is 30.3 Å². The summed E-state index contributed by atoms with van der Waals surface area (Å²) in [6.45, 7) is 0.493. The van der Waals surface area contributed by atoms with Crippen LogP contribution in [0.5, 0.6) is 5.75 Å². The topological polar surface area (TPSA) is 65.7 Å². The Labute approximate surface area is 109 Å². The molecular weight excluding hydrogens is 242 g/mol. The van der Waals surface area contributed by atoms with Gasteiger partial charge in [0.25, 0.3) is 5.95 Å². The molecule has 0 fully saturated rings. The van der Waals surface area contributed by atoms with Gasteiger partial charge in [-0.2, -0.15) is 9.78 Å². The summed E-state index contributed by atoms with van der Waals surface area (Å²) in [7, 11) is 0. The maximum Gasteiger partial charge on any atom is 0.252 e. The van der Waals surface area contributed by atoms with Crippen molar-refractivity contribution in [3.63, 3.8) is 0 Å². The van der Waals surface area contributed by atoms with Crippen LogP contribution in [-0.4, -0.2) is 24.7 Å². The SMILES string of the molecule is c1ccc(COc2cnc(-n3cncn3)nc2)cc1. The molecule has 3 aromatic rings. The molecule has 0 aliphatic carbocycles. The predicted octanol–water partition coefficient (Wildman–Crippen LogP) is 1.64. The van der Waals surface area contributed by atoms with Crippen molar-refractivity contribution in [1.29, 1.82) is 0 Å². The van der Waals surface area contributed by atoms with Gasteiger partial charge in [0, 0.05) is 0 Å². The first-order valence-electron chi connectivity index (χ1n) is 5.75. The number of rotatable bonds is 4. The average Bonchev–Trinajstić information content (AvgIpc) is 3.01. The Morgan fingerprint density at radius 1 is 1.05 bits per heavy atom. The van der Waals surface area contributed by atoms with Crippen LogP contribution in [0.1, 0.15) is 5.56 Å². The molecule has 0 unspecified atom stereocenters. The summed E-state index contributed by atoms with van der Waals surface area (Å²) in [5.74, 6) is 1.08. The molecule has 1 aromatic carbocycles. The predicted molar refractivity (Wildman–Crippen MR) is 67.7 cm³/mol. The van der Waals surface area contributed by atoms with E-state index in [0.29, 0.717) is 18.3 Å². The molecule has 19 heavy (non-hydrogen) atoms. The highest BCUT2D eigenvalue weighted by molar-refractivity contribution is 5.19. The van der Waals surface area contributed by atoms with Crippen LogP contribution < -0.4 is 4.74 Å². The lowest BCUT2D eigenvalue weighted by atomic mass is 10.2. The highest BCUT2D eigenvalue weighted by Gasteiger charge is 2.01. The second-order valence-electron chi connectivity index (χ2n) is 3.83. The van der Waals surface area contributed by atoms with Crippen molar-refractivity contribution in [2.45, 2.75) is 6.61 Å². The molecule has 0 aliphatic rings. The summed E-state index contributed by atoms with van der Waals surface area (Å²) in [5.41, 5.74) is 1.10. The fourth-order valence-corrected chi connectivity index (χ4v) is 1.55. The van der Waals surface area contributed by atoms with Gasteiger partial charge in [0.2, 0.25) is 0 Å². The Hall–Kier alpha value is -2.76. The summed E-state index contributed by atoms with van der Waals surface area (Å²) in [6, 6.07) is 9.93. The Morgan fingerprint density at radius 2 is 1.84 bits per heavy atom. The van der Waals surface area contributed by atoms with Gasteiger partial charge in [-0.25, -0.2) is 15.0 Å². The first-order chi connectivity index (χ1) is 9.42. The minimum Gasteiger partial charge on any atom is -0.486 e. The molecule has 2 heterocycles. The van der Waals surface area contributed by atoms with Gasteiger partial charge in [0.05, 0.1) is 12.4 Å². The van der Waals surface area contributed by atoms with E-state index in [2.05, 4.69) is 20.1 Å². The highest BCUT2D eigenvalue weighted by atomic mass is 16.5. The summed E-state index contributed by atoms with van der Waals surface area (Å²) in [6.07, 6.45) is 6.21. The van der Waals surface area contributed by atoms with E-state index >= 15 is 0 Å². The van der Waals surface area contributed by atoms with Gasteiger partial charge in [-0.3, -0.25) is 0 Å². The zero-order valence-corrected chi connectivity index (χ0v) is 10.0. The molecule has 0 aliphatic heterocycles. The minimum absolute atomic E-state index is 0.463. The Balaban J connectivity index is 1.67. The van der Waals surface area contributed by atoms with Gasteiger partial charge in [0.15, 0.2) is 5.75 Å². The molecule has 6 heteroatoms. The Bertz CT molecular complexity index is 622. The first kappa shape index (κ1) is 11.3. The van der Waals surface area contributed by atoms with Crippen LogP contribution in [0, 0.1) is 0 Å². The van der Waals surface area contributed by atoms with Gasteiger partial charge in [-0.05, 0) is 5.56 Å². The molecule has 0 radical (unpaired) electrons. The number of ether oxygens (including phenoxy) is 1. The molecule has 0 atom stereocenters. The van der Waals surface area contributed by atoms with Crippen LogP contribution in [0.3, 0.4) is 0 Å². The van der Waals surface area contributed by atoms with Crippen LogP contribution in [0.25, 0.3) is 5.95 Å². The lowest BCUT2D eigenvalue weighted by Crippen LogP contribution is -2.02. The van der Waals surface area contributed by atoms with E-state index in [-0.39, 0.29) is 0 Å². The van der Waals surface area contributed by atoms with E-state index in [1.807, 2.05) is 30.3 Å². The number of hydrogen-bond donors (Lipinski definition) is 0. The summed E-state index contributed by atoms with van der Waals surface area (Å²) in [4.78, 5) is 12.2. The summed E-state index contributed by atoms with van der Waals surface area (Å²) >= 11 is 0. The van der Waals surface area contributed by atoms with Gasteiger partial charge < -0.3 is 4.74 Å². The van der Waals surface area contributed by atoms with Crippen molar-refractivity contribution >= 4 is 0 Å². The van der Waals surface area contributed by atoms with Crippen LogP contribution >= 0.6 is 0 Å². The van der Waals surface area contributed by atoms with E-state index in [9.17, 15) is 0 Å². The summed E-state index contributed by atoms with van der Waals surface area (Å²) < 4.78 is 7.08. The van der Waals surface area contributed by atoms with Crippen molar-refractivity contribution < 1.29 is 4.74 Å². The van der Waals surface area contributed by atoms with Crippen molar-refractivity contribution in [3.05, 3.63) is 60.9 Å². The third-order valence-corrected chi connectivity index (χ3v) is 2.49. The molecule has 0 saturated heterocycles. The number of aromatic nitrogens is 5. The fraction of sp³-hybridized carbons (Fsp3) is 0.0769. The number of nitrogens with zero attached hydrogens (tertiary/aromatic N) is 5. The molecule has 3 rings (SSSR count). The molecule has 94 valence electrons. The van der Waals surface area contributed by atoms with E-state index in [4.69, 9.17) is 4.74 Å². The smallest absolute Gasteiger partial charge is 0.252 e. The van der Waals surface area contributed by atoms with E-state index in [1.54, 1.807) is 18.7 Å². The maximum absolute atomic E-state index is 5.59. The monoisotopic (exact) mass is 253 g/mol. The van der Waals surface area contributed by atoms with Crippen LogP contribution in [0.4, 0.5) is 0 Å². The molecule has 0 bridgehead atoms.